The second-order valence-corrected chi connectivity index (χ2v) is 3.77. The molecule has 0 fully saturated rings. The summed E-state index contributed by atoms with van der Waals surface area (Å²) in [4.78, 5) is 0. The monoisotopic (exact) mass is 346 g/mol. The van der Waals surface area contributed by atoms with Crippen LogP contribution in [-0.2, 0) is 4.74 Å². The number of ether oxygens (including phenoxy) is 1. The van der Waals surface area contributed by atoms with Crippen molar-refractivity contribution in [2.45, 2.75) is 49.8 Å². The molecule has 0 aliphatic heterocycles. The molecule has 2 unspecified atom stereocenters. The molecule has 0 aromatic carbocycles. The predicted molar refractivity (Wildman–Crippen MR) is 42.1 cm³/mol. The zero-order valence-corrected chi connectivity index (χ0v) is 9.51. The van der Waals surface area contributed by atoms with E-state index in [9.17, 15) is 52.7 Å². The number of alkyl halides is 12. The maximum Gasteiger partial charge on any atom is 0.424 e. The lowest BCUT2D eigenvalue weighted by molar-refractivity contribution is -0.396. The molecular formula is C8H6F12O. The number of hydrogen-bond donors (Lipinski definition) is 0. The van der Waals surface area contributed by atoms with Gasteiger partial charge in [-0.25, -0.2) is 8.78 Å². The van der Waals surface area contributed by atoms with Crippen molar-refractivity contribution in [2.24, 2.45) is 0 Å². The van der Waals surface area contributed by atoms with Crippen LogP contribution in [-0.4, -0.2) is 36.9 Å². The van der Waals surface area contributed by atoms with Crippen molar-refractivity contribution in [1.82, 2.24) is 0 Å². The number of hydrogen-bond acceptors (Lipinski definition) is 1. The smallest absolute Gasteiger partial charge is 0.280 e. The van der Waals surface area contributed by atoms with Crippen LogP contribution in [0.25, 0.3) is 0 Å². The van der Waals surface area contributed by atoms with Crippen LogP contribution in [0.3, 0.4) is 0 Å². The molecule has 2 atom stereocenters. The lowest BCUT2D eigenvalue weighted by Crippen LogP contribution is -2.52. The van der Waals surface area contributed by atoms with E-state index in [-0.39, 0.29) is 0 Å². The Bertz CT molecular complexity index is 331. The fourth-order valence-electron chi connectivity index (χ4n) is 0.977. The van der Waals surface area contributed by atoms with E-state index in [1.807, 2.05) is 0 Å². The molecule has 0 aliphatic carbocycles. The molecule has 0 bridgehead atoms. The Morgan fingerprint density at radius 3 is 1.38 bits per heavy atom. The summed E-state index contributed by atoms with van der Waals surface area (Å²) in [7, 11) is 0. The molecule has 21 heavy (non-hydrogen) atoms. The highest BCUT2D eigenvalue weighted by Gasteiger charge is 2.66. The van der Waals surface area contributed by atoms with Gasteiger partial charge in [-0.1, -0.05) is 0 Å². The third-order valence-corrected chi connectivity index (χ3v) is 1.86. The van der Waals surface area contributed by atoms with Gasteiger partial charge in [0.1, 0.15) is 0 Å². The van der Waals surface area contributed by atoms with Crippen LogP contribution >= 0.6 is 0 Å². The summed E-state index contributed by atoms with van der Waals surface area (Å²) in [6.45, 7) is 0. The molecule has 1 nitrogen and oxygen atoms in total. The lowest BCUT2D eigenvalue weighted by atomic mass is 10.1. The van der Waals surface area contributed by atoms with Gasteiger partial charge in [-0.2, -0.15) is 43.9 Å². The summed E-state index contributed by atoms with van der Waals surface area (Å²) in [6.07, 6.45) is -31.5. The van der Waals surface area contributed by atoms with Crippen molar-refractivity contribution in [3.63, 3.8) is 0 Å². The van der Waals surface area contributed by atoms with E-state index in [1.165, 1.54) is 0 Å². The molecule has 0 radical (unpaired) electrons. The van der Waals surface area contributed by atoms with Crippen LogP contribution in [0.2, 0.25) is 0 Å². The first-order chi connectivity index (χ1) is 8.98. The van der Waals surface area contributed by atoms with E-state index >= 15 is 0 Å². The molecule has 0 rings (SSSR count). The van der Waals surface area contributed by atoms with Crippen molar-refractivity contribution in [1.29, 1.82) is 0 Å². The molecule has 0 spiro atoms. The van der Waals surface area contributed by atoms with Crippen molar-refractivity contribution in [3.8, 4) is 0 Å². The van der Waals surface area contributed by atoms with Gasteiger partial charge in [0.2, 0.25) is 6.36 Å². The van der Waals surface area contributed by atoms with Crippen molar-refractivity contribution in [2.75, 3.05) is 0 Å². The van der Waals surface area contributed by atoms with Gasteiger partial charge in [-0.05, 0) is 0 Å². The minimum Gasteiger partial charge on any atom is -0.280 e. The maximum atomic E-state index is 12.7. The summed E-state index contributed by atoms with van der Waals surface area (Å²) in [5.74, 6) is -6.18. The van der Waals surface area contributed by atoms with E-state index in [1.54, 1.807) is 0 Å². The average molecular weight is 346 g/mol. The van der Waals surface area contributed by atoms with Gasteiger partial charge in [0, 0.05) is 0 Å². The Kier molecular flexibility index (Phi) is 5.83. The molecule has 128 valence electrons. The molecule has 0 aromatic rings. The standard InChI is InChI=1S/C8H6F12O/c9-3(1-5(11,12)13)7(17,18)8(19,20)21-4(10)2-6(14,15)16/h3-4H,1-2H2. The van der Waals surface area contributed by atoms with Gasteiger partial charge >= 0.3 is 24.4 Å². The van der Waals surface area contributed by atoms with Gasteiger partial charge < -0.3 is 0 Å². The minimum atomic E-state index is -6.21. The summed E-state index contributed by atoms with van der Waals surface area (Å²) in [5, 5.41) is 0. The minimum absolute atomic E-state index is 2.44. The summed E-state index contributed by atoms with van der Waals surface area (Å²) < 4.78 is 148. The molecular weight excluding hydrogens is 340 g/mol. The Morgan fingerprint density at radius 2 is 1.05 bits per heavy atom. The second-order valence-electron chi connectivity index (χ2n) is 3.77. The topological polar surface area (TPSA) is 9.23 Å². The van der Waals surface area contributed by atoms with E-state index in [0.717, 1.165) is 0 Å². The first kappa shape index (κ1) is 20.1. The molecule has 13 heteroatoms. The van der Waals surface area contributed by atoms with Crippen LogP contribution in [0.4, 0.5) is 52.7 Å². The second kappa shape index (κ2) is 6.08. The van der Waals surface area contributed by atoms with Gasteiger partial charge in [0.05, 0.1) is 12.8 Å². The van der Waals surface area contributed by atoms with Gasteiger partial charge in [0.25, 0.3) is 0 Å². The van der Waals surface area contributed by atoms with Crippen molar-refractivity contribution in [3.05, 3.63) is 0 Å². The molecule has 0 saturated carbocycles. The summed E-state index contributed by atoms with van der Waals surface area (Å²) in [6, 6.07) is 0. The Balaban J connectivity index is 4.94. The zero-order valence-electron chi connectivity index (χ0n) is 9.51. The Labute approximate surface area is 108 Å². The van der Waals surface area contributed by atoms with E-state index in [0.29, 0.717) is 0 Å². The lowest BCUT2D eigenvalue weighted by Gasteiger charge is -2.30. The summed E-state index contributed by atoms with van der Waals surface area (Å²) in [5.41, 5.74) is 0. The fraction of sp³-hybridized carbons (Fsp3) is 1.00. The summed E-state index contributed by atoms with van der Waals surface area (Å²) >= 11 is 0. The SMILES string of the molecule is FC(CC(F)(F)F)OC(F)(F)C(F)(F)C(F)CC(F)(F)F. The molecule has 0 amide bonds. The molecule has 0 heterocycles. The highest BCUT2D eigenvalue weighted by atomic mass is 19.4. The van der Waals surface area contributed by atoms with E-state index in [4.69, 9.17) is 0 Å². The van der Waals surface area contributed by atoms with Crippen LogP contribution in [0, 0.1) is 0 Å². The third kappa shape index (κ3) is 6.61. The molecule has 0 saturated heterocycles. The molecule has 0 aliphatic rings. The largest absolute Gasteiger partial charge is 0.424 e. The molecule has 0 aromatic heterocycles. The highest BCUT2D eigenvalue weighted by Crippen LogP contribution is 2.44. The normalized spacial score (nSPS) is 17.7. The van der Waals surface area contributed by atoms with Gasteiger partial charge in [-0.3, -0.25) is 4.74 Å². The van der Waals surface area contributed by atoms with Crippen LogP contribution in [0.15, 0.2) is 0 Å². The maximum absolute atomic E-state index is 12.7. The highest BCUT2D eigenvalue weighted by molar-refractivity contribution is 4.87. The van der Waals surface area contributed by atoms with E-state index < -0.39 is 49.8 Å². The Hall–Kier alpha value is -0.880. The molecule has 0 N–H and O–H groups in total. The zero-order chi connectivity index (χ0) is 17.3. The van der Waals surface area contributed by atoms with Crippen LogP contribution in [0.5, 0.6) is 0 Å². The van der Waals surface area contributed by atoms with Crippen molar-refractivity contribution >= 4 is 0 Å². The van der Waals surface area contributed by atoms with Gasteiger partial charge in [-0.15, -0.1) is 0 Å². The third-order valence-electron chi connectivity index (χ3n) is 1.86. The van der Waals surface area contributed by atoms with Gasteiger partial charge in [0.15, 0.2) is 6.17 Å². The number of halogens is 12. The first-order valence-corrected chi connectivity index (χ1v) is 4.83. The quantitative estimate of drug-likeness (QED) is 0.630. The number of rotatable bonds is 6. The van der Waals surface area contributed by atoms with E-state index in [2.05, 4.69) is 4.74 Å². The first-order valence-electron chi connectivity index (χ1n) is 4.83. The average Bonchev–Trinajstić information content (AvgIpc) is 2.09. The Morgan fingerprint density at radius 1 is 0.667 bits per heavy atom. The van der Waals surface area contributed by atoms with Crippen LogP contribution in [0.1, 0.15) is 12.8 Å². The van der Waals surface area contributed by atoms with Crippen molar-refractivity contribution < 1.29 is 57.4 Å². The fourth-order valence-corrected chi connectivity index (χ4v) is 0.977. The van der Waals surface area contributed by atoms with Crippen LogP contribution < -0.4 is 0 Å². The predicted octanol–water partition coefficient (Wildman–Crippen LogP) is 4.77.